The van der Waals surface area contributed by atoms with Crippen molar-refractivity contribution in [2.24, 2.45) is 0 Å². The second kappa shape index (κ2) is 41.6. The lowest BCUT2D eigenvalue weighted by Gasteiger charge is -2.24. The first-order valence-corrected chi connectivity index (χ1v) is 34.2. The number of benzene rings is 8. The quantitative estimate of drug-likeness (QED) is 0.0357. The summed E-state index contributed by atoms with van der Waals surface area (Å²) in [6.45, 7) is 8.96. The predicted octanol–water partition coefficient (Wildman–Crippen LogP) is 11.1. The molecule has 2 aliphatic carbocycles. The first kappa shape index (κ1) is 83.3. The third-order valence-corrected chi connectivity index (χ3v) is 18.4. The number of aliphatic hydroxyl groups is 12. The van der Waals surface area contributed by atoms with Gasteiger partial charge in [0, 0.05) is 56.5 Å². The molecule has 2 saturated carbocycles. The topological polar surface area (TPSA) is 405 Å². The molecule has 20 N–H and O–H groups in total. The van der Waals surface area contributed by atoms with E-state index >= 15 is 0 Å². The van der Waals surface area contributed by atoms with Crippen molar-refractivity contribution >= 4 is 0 Å². The van der Waals surface area contributed by atoms with Gasteiger partial charge in [-0.15, -0.1) is 0 Å². The van der Waals surface area contributed by atoms with Crippen LogP contribution in [0.3, 0.4) is 0 Å². The fourth-order valence-corrected chi connectivity index (χ4v) is 13.0. The maximum absolute atomic E-state index is 10.2. The monoisotopic (exact) mass is 1400 g/mol. The summed E-state index contributed by atoms with van der Waals surface area (Å²) in [4.78, 5) is 0. The van der Waals surface area contributed by atoms with Crippen LogP contribution in [0.15, 0.2) is 97.1 Å². The van der Waals surface area contributed by atoms with Gasteiger partial charge in [0.2, 0.25) is 0 Å². The Labute approximate surface area is 592 Å². The van der Waals surface area contributed by atoms with Gasteiger partial charge in [0.25, 0.3) is 0 Å². The van der Waals surface area contributed by atoms with Gasteiger partial charge in [-0.3, -0.25) is 0 Å². The van der Waals surface area contributed by atoms with Crippen LogP contribution in [0.25, 0.3) is 0 Å². The van der Waals surface area contributed by atoms with Crippen LogP contribution in [-0.2, 0) is 98.5 Å². The van der Waals surface area contributed by atoms with Crippen LogP contribution >= 0.6 is 0 Å². The summed E-state index contributed by atoms with van der Waals surface area (Å²) in [6, 6.07) is 28.3. The van der Waals surface area contributed by atoms with Crippen molar-refractivity contribution in [3.63, 3.8) is 0 Å². The highest BCUT2D eigenvalue weighted by molar-refractivity contribution is 5.52. The van der Waals surface area contributed by atoms with E-state index in [0.717, 1.165) is 74.0 Å². The van der Waals surface area contributed by atoms with Crippen molar-refractivity contribution in [1.29, 1.82) is 0 Å². The number of aromatic hydroxyl groups is 8. The van der Waals surface area contributed by atoms with Gasteiger partial charge in [-0.05, 0) is 212 Å². The zero-order chi connectivity index (χ0) is 74.6. The van der Waals surface area contributed by atoms with Crippen LogP contribution < -0.4 is 0 Å². The molecule has 0 bridgehead atoms. The zero-order valence-corrected chi connectivity index (χ0v) is 59.0. The van der Waals surface area contributed by atoms with E-state index in [0.29, 0.717) is 103 Å². The molecule has 0 aromatic heterocycles. The minimum atomic E-state index is -0.234. The van der Waals surface area contributed by atoms with Crippen LogP contribution in [0, 0.1) is 34.6 Å². The van der Waals surface area contributed by atoms with Crippen molar-refractivity contribution in [3.05, 3.63) is 231 Å². The lowest BCUT2D eigenvalue weighted by Crippen LogP contribution is -2.06. The Balaban J connectivity index is 0.000000221. The van der Waals surface area contributed by atoms with Crippen molar-refractivity contribution in [1.82, 2.24) is 0 Å². The third-order valence-electron chi connectivity index (χ3n) is 18.4. The van der Waals surface area contributed by atoms with E-state index in [4.69, 9.17) is 20.4 Å². The number of rotatable bonds is 19. The largest absolute Gasteiger partial charge is 0.507 e. The summed E-state index contributed by atoms with van der Waals surface area (Å²) in [5, 5.41) is 188. The second-order valence-corrected chi connectivity index (χ2v) is 26.0. The summed E-state index contributed by atoms with van der Waals surface area (Å²) in [6.07, 6.45) is 13.6. The third kappa shape index (κ3) is 23.4. The molecule has 0 saturated heterocycles. The van der Waals surface area contributed by atoms with E-state index in [1.165, 1.54) is 51.4 Å². The molecule has 8 aromatic rings. The molecule has 20 nitrogen and oxygen atoms in total. The van der Waals surface area contributed by atoms with E-state index < -0.39 is 0 Å². The molecule has 550 valence electrons. The van der Waals surface area contributed by atoms with Gasteiger partial charge >= 0.3 is 0 Å². The zero-order valence-electron chi connectivity index (χ0n) is 59.0. The number of phenols is 8. The van der Waals surface area contributed by atoms with Crippen LogP contribution in [-0.4, -0.2) is 102 Å². The van der Waals surface area contributed by atoms with Crippen molar-refractivity contribution in [2.45, 2.75) is 216 Å². The Bertz CT molecular complexity index is 3770. The average Bonchev–Trinajstić information content (AvgIpc) is 0.833. The number of hydrogen-bond donors (Lipinski definition) is 20. The fraction of sp³-hybridized carbons (Fsp3) is 0.407. The highest BCUT2D eigenvalue weighted by Gasteiger charge is 2.23. The summed E-state index contributed by atoms with van der Waals surface area (Å²) < 4.78 is 0. The van der Waals surface area contributed by atoms with Gasteiger partial charge in [0.1, 0.15) is 46.0 Å². The van der Waals surface area contributed by atoms with E-state index in [-0.39, 0.29) is 125 Å². The van der Waals surface area contributed by atoms with Crippen LogP contribution in [0.4, 0.5) is 0 Å². The summed E-state index contributed by atoms with van der Waals surface area (Å²) in [7, 11) is 0. The molecule has 2 aliphatic rings. The molecular formula is C81H106O20. The number of aryl methyl sites for hydroxylation is 6. The highest BCUT2D eigenvalue weighted by atomic mass is 16.3. The molecule has 8 aromatic carbocycles. The lowest BCUT2D eigenvalue weighted by molar-refractivity contribution is 0.263. The molecule has 0 radical (unpaired) electrons. The molecular weight excluding hydrogens is 1290 g/mol. The molecule has 10 rings (SSSR count). The first-order chi connectivity index (χ1) is 48.3. The van der Waals surface area contributed by atoms with E-state index in [1.54, 1.807) is 75.4 Å². The Morgan fingerprint density at radius 2 is 0.515 bits per heavy atom. The molecule has 0 spiro atoms. The Hall–Kier alpha value is -8.32. The normalized spacial score (nSPS) is 12.9. The van der Waals surface area contributed by atoms with Crippen molar-refractivity contribution in [3.8, 4) is 46.0 Å². The van der Waals surface area contributed by atoms with Crippen LogP contribution in [0.2, 0.25) is 0 Å². The van der Waals surface area contributed by atoms with Crippen molar-refractivity contribution in [2.75, 3.05) is 0 Å². The molecule has 0 unspecified atom stereocenters. The maximum atomic E-state index is 10.2. The molecule has 0 heterocycles. The van der Waals surface area contributed by atoms with Crippen LogP contribution in [0.1, 0.15) is 216 Å². The van der Waals surface area contributed by atoms with Gasteiger partial charge in [-0.2, -0.15) is 0 Å². The molecule has 20 heteroatoms. The summed E-state index contributed by atoms with van der Waals surface area (Å²) >= 11 is 0. The minimum Gasteiger partial charge on any atom is -0.507 e. The second-order valence-electron chi connectivity index (χ2n) is 26.0. The highest BCUT2D eigenvalue weighted by Crippen LogP contribution is 2.41. The minimum absolute atomic E-state index is 0.0366. The maximum Gasteiger partial charge on any atom is 0.126 e. The fourth-order valence-electron chi connectivity index (χ4n) is 13.0. The number of hydrogen-bond acceptors (Lipinski definition) is 20. The SMILES string of the molecule is CCc1cc(CO)cc(CO)c1O.Cc1cc(CO)c(O)c(Cc2cc(C)cc(CO)c2O)c1.Cc1cc(CO)cc(CO)c1O.Cc1cc(Cc2cc(C)c(O)c(CO)c2)cc(CO)c1O.OCc1cc(C2CCCCC2)cc(CO)c1O.OCc1cc(CO)c(O)c(C2CCCCC2)c1. The first-order valence-electron chi connectivity index (χ1n) is 34.2. The van der Waals surface area contributed by atoms with E-state index in [9.17, 15) is 81.7 Å². The van der Waals surface area contributed by atoms with Gasteiger partial charge in [-0.25, -0.2) is 0 Å². The summed E-state index contributed by atoms with van der Waals surface area (Å²) in [5.41, 5.74) is 16.6. The van der Waals surface area contributed by atoms with E-state index in [1.807, 2.05) is 63.2 Å². The average molecular weight is 1400 g/mol. The molecule has 0 aliphatic heterocycles. The number of aliphatic hydroxyl groups excluding tert-OH is 12. The van der Waals surface area contributed by atoms with E-state index in [2.05, 4.69) is 0 Å². The summed E-state index contributed by atoms with van der Waals surface area (Å²) in [5.74, 6) is 1.74. The lowest BCUT2D eigenvalue weighted by atomic mass is 9.82. The smallest absolute Gasteiger partial charge is 0.126 e. The van der Waals surface area contributed by atoms with Gasteiger partial charge in [0.15, 0.2) is 0 Å². The standard InChI is InChI=1S/2C17H20O4.2C14H20O3.C10H14O3.C9H12O3/c1-10-3-12(6-14(8-18)16(10)20)5-13-4-11(2)17(21)15(7-13)9-19;1-10-3-12(16(20)14(5-10)8-18)7-13-4-11(2)6-15(9-19)17(13)21;15-8-10-6-12(9-16)14(17)13(7-10)11-4-2-1-3-5-11;15-8-12-6-11(7-13(9-16)14(12)17)10-4-2-1-3-5-10;1-2-8-3-7(5-11)4-9(6-12)10(8)13;1-6-2-7(4-10)3-8(5-11)9(6)12/h3-4,6-7,18-21H,5,8-9H2,1-2H3;3-6,18-21H,7-9H2,1-2H3;6-7,11,15-17H,1-5,8-9H2;6-7,10,15-17H,1-5,8-9H2;3-4,11-13H,2,5-6H2,1H3;2-3,10-12H,4-5H2,1H3. The molecule has 2 fully saturated rings. The van der Waals surface area contributed by atoms with Gasteiger partial charge in [0.05, 0.1) is 79.3 Å². The van der Waals surface area contributed by atoms with Crippen molar-refractivity contribution < 1.29 is 102 Å². The Morgan fingerprint density at radius 1 is 0.248 bits per heavy atom. The molecule has 101 heavy (non-hydrogen) atoms. The molecule has 0 amide bonds. The predicted molar refractivity (Wildman–Crippen MR) is 386 cm³/mol. The molecule has 0 atom stereocenters. The Kier molecular flexibility index (Phi) is 34.3. The van der Waals surface area contributed by atoms with Gasteiger partial charge < -0.3 is 102 Å². The van der Waals surface area contributed by atoms with Gasteiger partial charge in [-0.1, -0.05) is 99.0 Å². The Morgan fingerprint density at radius 3 is 0.881 bits per heavy atom. The van der Waals surface area contributed by atoms with Crippen LogP contribution in [0.5, 0.6) is 46.0 Å².